The van der Waals surface area contributed by atoms with Gasteiger partial charge in [0, 0.05) is 21.4 Å². The van der Waals surface area contributed by atoms with Crippen LogP contribution < -0.4 is 0 Å². The average Bonchev–Trinajstić information content (AvgIpc) is 3.11. The molecule has 1 heterocycles. The summed E-state index contributed by atoms with van der Waals surface area (Å²) < 4.78 is 2.13. The van der Waals surface area contributed by atoms with Gasteiger partial charge in [0.15, 0.2) is 11.0 Å². The minimum atomic E-state index is 0.633. The minimum Gasteiger partial charge on any atom is -0.270 e. The van der Waals surface area contributed by atoms with Crippen molar-refractivity contribution in [3.63, 3.8) is 0 Å². The van der Waals surface area contributed by atoms with Crippen LogP contribution in [0.1, 0.15) is 16.7 Å². The van der Waals surface area contributed by atoms with Crippen LogP contribution in [0.5, 0.6) is 0 Å². The van der Waals surface area contributed by atoms with E-state index in [1.165, 1.54) is 0 Å². The fourth-order valence-corrected chi connectivity index (χ4v) is 4.68. The molecule has 0 bridgehead atoms. The van der Waals surface area contributed by atoms with Crippen molar-refractivity contribution in [1.29, 1.82) is 0 Å². The van der Waals surface area contributed by atoms with Gasteiger partial charge in [0.1, 0.15) is 0 Å². The van der Waals surface area contributed by atoms with Crippen molar-refractivity contribution in [1.82, 2.24) is 14.8 Å². The van der Waals surface area contributed by atoms with Crippen molar-refractivity contribution in [2.75, 3.05) is 0 Å². The Kier molecular flexibility index (Phi) is 5.95. The Labute approximate surface area is 184 Å². The fourth-order valence-electron chi connectivity index (χ4n) is 3.17. The molecule has 0 aliphatic heterocycles. The first-order valence-electron chi connectivity index (χ1n) is 9.19. The molecule has 0 atom stereocenters. The van der Waals surface area contributed by atoms with Crippen molar-refractivity contribution in [3.8, 4) is 17.1 Å². The molecule has 0 N–H and O–H groups in total. The van der Waals surface area contributed by atoms with E-state index in [1.807, 2.05) is 36.4 Å². The van der Waals surface area contributed by atoms with Crippen molar-refractivity contribution in [2.45, 2.75) is 24.8 Å². The monoisotopic (exact) mass is 439 g/mol. The molecule has 3 aromatic carbocycles. The van der Waals surface area contributed by atoms with Crippen molar-refractivity contribution in [2.24, 2.45) is 0 Å². The molecule has 0 unspecified atom stereocenters. The van der Waals surface area contributed by atoms with Crippen LogP contribution in [-0.2, 0) is 5.75 Å². The van der Waals surface area contributed by atoms with E-state index in [-0.39, 0.29) is 0 Å². The van der Waals surface area contributed by atoms with Gasteiger partial charge in [-0.05, 0) is 48.7 Å². The highest BCUT2D eigenvalue weighted by atomic mass is 35.5. The molecular weight excluding hydrogens is 421 g/mol. The third kappa shape index (κ3) is 4.20. The minimum absolute atomic E-state index is 0.633. The van der Waals surface area contributed by atoms with Crippen molar-refractivity contribution >= 4 is 35.0 Å². The maximum atomic E-state index is 6.36. The predicted molar refractivity (Wildman–Crippen MR) is 122 cm³/mol. The zero-order valence-corrected chi connectivity index (χ0v) is 18.4. The van der Waals surface area contributed by atoms with Gasteiger partial charge in [-0.3, -0.25) is 4.57 Å². The highest BCUT2D eigenvalue weighted by molar-refractivity contribution is 7.98. The lowest BCUT2D eigenvalue weighted by Gasteiger charge is -2.14. The van der Waals surface area contributed by atoms with Crippen LogP contribution >= 0.6 is 35.0 Å². The molecule has 3 nitrogen and oxygen atoms in total. The zero-order chi connectivity index (χ0) is 20.4. The normalized spacial score (nSPS) is 11.0. The summed E-state index contributed by atoms with van der Waals surface area (Å²) >= 11 is 14.0. The van der Waals surface area contributed by atoms with Crippen LogP contribution in [-0.4, -0.2) is 14.8 Å². The fraction of sp³-hybridized carbons (Fsp3) is 0.130. The van der Waals surface area contributed by atoms with Crippen LogP contribution in [0.15, 0.2) is 71.9 Å². The van der Waals surface area contributed by atoms with Crippen LogP contribution in [0, 0.1) is 13.8 Å². The first-order chi connectivity index (χ1) is 14.0. The summed E-state index contributed by atoms with van der Waals surface area (Å²) in [7, 11) is 0. The highest BCUT2D eigenvalue weighted by Crippen LogP contribution is 2.33. The lowest BCUT2D eigenvalue weighted by molar-refractivity contribution is 0.880. The van der Waals surface area contributed by atoms with Crippen LogP contribution in [0.2, 0.25) is 10.0 Å². The number of aromatic nitrogens is 3. The molecule has 0 aliphatic rings. The molecule has 0 amide bonds. The Morgan fingerprint density at radius 1 is 0.862 bits per heavy atom. The number of nitrogens with zero attached hydrogens (tertiary/aromatic N) is 3. The molecule has 29 heavy (non-hydrogen) atoms. The quantitative estimate of drug-likeness (QED) is 0.309. The molecule has 0 spiro atoms. The number of hydrogen-bond donors (Lipinski definition) is 0. The standard InChI is InChI=1S/C23H19Cl2N3S/c1-15-7-3-5-9-19(15)22-26-27-23(28(22)21-10-6-4-8-16(21)2)29-14-17-11-12-18(24)13-20(17)25/h3-13H,14H2,1-2H3. The summed E-state index contributed by atoms with van der Waals surface area (Å²) in [6.45, 7) is 4.19. The predicted octanol–water partition coefficient (Wildman–Crippen LogP) is 7.15. The first-order valence-corrected chi connectivity index (χ1v) is 10.9. The summed E-state index contributed by atoms with van der Waals surface area (Å²) in [5.74, 6) is 1.51. The largest absolute Gasteiger partial charge is 0.270 e. The Balaban J connectivity index is 1.78. The molecule has 4 aromatic rings. The van der Waals surface area contributed by atoms with Crippen LogP contribution in [0.25, 0.3) is 17.1 Å². The van der Waals surface area contributed by atoms with Crippen LogP contribution in [0.4, 0.5) is 0 Å². The zero-order valence-electron chi connectivity index (χ0n) is 16.1. The van der Waals surface area contributed by atoms with Gasteiger partial charge in [0.2, 0.25) is 0 Å². The maximum Gasteiger partial charge on any atom is 0.196 e. The third-order valence-electron chi connectivity index (χ3n) is 4.75. The molecule has 146 valence electrons. The Bertz CT molecular complexity index is 1170. The number of para-hydroxylation sites is 1. The van der Waals surface area contributed by atoms with Gasteiger partial charge in [0.05, 0.1) is 5.69 Å². The Morgan fingerprint density at radius 3 is 2.31 bits per heavy atom. The topological polar surface area (TPSA) is 30.7 Å². The summed E-state index contributed by atoms with van der Waals surface area (Å²) in [6, 6.07) is 22.1. The summed E-state index contributed by atoms with van der Waals surface area (Å²) in [5, 5.41) is 11.2. The number of aryl methyl sites for hydroxylation is 2. The Hall–Kier alpha value is -2.27. The van der Waals surface area contributed by atoms with E-state index in [4.69, 9.17) is 23.2 Å². The molecule has 6 heteroatoms. The van der Waals surface area contributed by atoms with E-state index in [0.29, 0.717) is 15.8 Å². The number of thioether (sulfide) groups is 1. The van der Waals surface area contributed by atoms with Gasteiger partial charge in [-0.25, -0.2) is 0 Å². The van der Waals surface area contributed by atoms with Gasteiger partial charge < -0.3 is 0 Å². The van der Waals surface area contributed by atoms with E-state index >= 15 is 0 Å². The second-order valence-electron chi connectivity index (χ2n) is 6.77. The SMILES string of the molecule is Cc1ccccc1-c1nnc(SCc2ccc(Cl)cc2Cl)n1-c1ccccc1C. The number of rotatable bonds is 5. The molecule has 0 saturated carbocycles. The molecular formula is C23H19Cl2N3S. The second kappa shape index (κ2) is 8.62. The lowest BCUT2D eigenvalue weighted by Crippen LogP contribution is -2.02. The second-order valence-corrected chi connectivity index (χ2v) is 8.55. The maximum absolute atomic E-state index is 6.36. The first kappa shape index (κ1) is 20.0. The van der Waals surface area contributed by atoms with Gasteiger partial charge in [-0.15, -0.1) is 10.2 Å². The molecule has 0 aliphatic carbocycles. The average molecular weight is 440 g/mol. The van der Waals surface area contributed by atoms with E-state index in [1.54, 1.807) is 17.8 Å². The van der Waals surface area contributed by atoms with E-state index < -0.39 is 0 Å². The smallest absolute Gasteiger partial charge is 0.196 e. The molecule has 0 fully saturated rings. The van der Waals surface area contributed by atoms with Crippen molar-refractivity contribution in [3.05, 3.63) is 93.5 Å². The molecule has 1 aromatic heterocycles. The van der Waals surface area contributed by atoms with Gasteiger partial charge >= 0.3 is 0 Å². The van der Waals surface area contributed by atoms with Crippen molar-refractivity contribution < 1.29 is 0 Å². The highest BCUT2D eigenvalue weighted by Gasteiger charge is 2.19. The number of benzene rings is 3. The van der Waals surface area contributed by atoms with Gasteiger partial charge in [0.25, 0.3) is 0 Å². The summed E-state index contributed by atoms with van der Waals surface area (Å²) in [4.78, 5) is 0. The molecule has 4 rings (SSSR count). The van der Waals surface area contributed by atoms with E-state index in [0.717, 1.165) is 38.9 Å². The number of halogens is 2. The summed E-state index contributed by atoms with van der Waals surface area (Å²) in [6.07, 6.45) is 0. The molecule has 0 saturated heterocycles. The lowest BCUT2D eigenvalue weighted by atomic mass is 10.1. The summed E-state index contributed by atoms with van der Waals surface area (Å²) in [5.41, 5.74) is 5.47. The van der Waals surface area contributed by atoms with Gasteiger partial charge in [-0.2, -0.15) is 0 Å². The number of hydrogen-bond acceptors (Lipinski definition) is 3. The molecule has 0 radical (unpaired) electrons. The Morgan fingerprint density at radius 2 is 1.59 bits per heavy atom. The third-order valence-corrected chi connectivity index (χ3v) is 6.31. The van der Waals surface area contributed by atoms with E-state index in [9.17, 15) is 0 Å². The van der Waals surface area contributed by atoms with Crippen LogP contribution in [0.3, 0.4) is 0 Å². The van der Waals surface area contributed by atoms with E-state index in [2.05, 4.69) is 52.9 Å². The van der Waals surface area contributed by atoms with Gasteiger partial charge in [-0.1, -0.05) is 83.5 Å².